The first kappa shape index (κ1) is 24.5. The Morgan fingerprint density at radius 2 is 2.17 bits per heavy atom. The molecule has 0 radical (unpaired) electrons. The predicted octanol–water partition coefficient (Wildman–Crippen LogP) is 3.41. The number of carbonyl (C=O) groups excluding carboxylic acids is 1. The summed E-state index contributed by atoms with van der Waals surface area (Å²) in [4.78, 5) is 21.7. The van der Waals surface area contributed by atoms with Crippen molar-refractivity contribution < 1.29 is 13.9 Å². The highest BCUT2D eigenvalue weighted by Crippen LogP contribution is 2.32. The van der Waals surface area contributed by atoms with Gasteiger partial charge in [-0.15, -0.1) is 0 Å². The summed E-state index contributed by atoms with van der Waals surface area (Å²) < 4.78 is 19.9. The summed E-state index contributed by atoms with van der Waals surface area (Å²) >= 11 is 0. The van der Waals surface area contributed by atoms with Gasteiger partial charge in [0.1, 0.15) is 11.6 Å². The summed E-state index contributed by atoms with van der Waals surface area (Å²) in [6, 6.07) is 9.32. The van der Waals surface area contributed by atoms with Crippen LogP contribution in [-0.4, -0.2) is 59.6 Å². The van der Waals surface area contributed by atoms with Gasteiger partial charge in [0.25, 0.3) is 0 Å². The molecule has 3 aliphatic rings. The lowest BCUT2D eigenvalue weighted by molar-refractivity contribution is 0.119. The molecule has 5 rings (SSSR count). The fourth-order valence-electron chi connectivity index (χ4n) is 5.52. The Hall–Kier alpha value is -3.17. The van der Waals surface area contributed by atoms with E-state index in [0.717, 1.165) is 30.5 Å². The van der Waals surface area contributed by atoms with Gasteiger partial charge in [-0.2, -0.15) is 0 Å². The maximum Gasteiger partial charge on any atom is 0.317 e. The van der Waals surface area contributed by atoms with Crippen LogP contribution in [0.1, 0.15) is 49.0 Å². The molecule has 1 aromatic carbocycles. The van der Waals surface area contributed by atoms with E-state index in [1.165, 1.54) is 17.3 Å². The van der Waals surface area contributed by atoms with Crippen LogP contribution >= 0.6 is 0 Å². The molecule has 0 spiro atoms. The lowest BCUT2D eigenvalue weighted by atomic mass is 9.95. The van der Waals surface area contributed by atoms with Gasteiger partial charge in [-0.05, 0) is 62.1 Å². The second kappa shape index (κ2) is 10.4. The number of methoxy groups -OCH3 is 1. The quantitative estimate of drug-likeness (QED) is 0.591. The largest absolute Gasteiger partial charge is 0.496 e. The number of nitrogens with zero attached hydrogens (tertiary/aromatic N) is 3. The predicted molar refractivity (Wildman–Crippen MR) is 136 cm³/mol. The van der Waals surface area contributed by atoms with Crippen LogP contribution < -0.4 is 20.9 Å². The molecule has 9 heteroatoms. The molecule has 0 saturated carbocycles. The summed E-state index contributed by atoms with van der Waals surface area (Å²) in [5, 5.41) is 3.26. The lowest BCUT2D eigenvalue weighted by Gasteiger charge is -2.39. The zero-order valence-electron chi connectivity index (χ0n) is 21.2. The number of urea groups is 1. The van der Waals surface area contributed by atoms with E-state index >= 15 is 0 Å². The number of hydrazine groups is 1. The van der Waals surface area contributed by atoms with Crippen molar-refractivity contribution in [3.8, 4) is 5.75 Å². The summed E-state index contributed by atoms with van der Waals surface area (Å²) in [5.41, 5.74) is 11.7. The monoisotopic (exact) mass is 494 g/mol. The van der Waals surface area contributed by atoms with E-state index in [1.807, 2.05) is 24.1 Å². The number of ether oxygens (including phenoxy) is 1. The van der Waals surface area contributed by atoms with Crippen molar-refractivity contribution in [2.24, 2.45) is 0 Å². The van der Waals surface area contributed by atoms with Gasteiger partial charge in [-0.3, -0.25) is 9.88 Å². The van der Waals surface area contributed by atoms with Crippen molar-refractivity contribution >= 4 is 6.03 Å². The number of piperidine rings is 1. The van der Waals surface area contributed by atoms with Crippen molar-refractivity contribution in [3.63, 3.8) is 0 Å². The average Bonchev–Trinajstić information content (AvgIpc) is 3.30. The fraction of sp³-hybridized carbons (Fsp3) is 0.481. The molecule has 0 bridgehead atoms. The van der Waals surface area contributed by atoms with Gasteiger partial charge in [0, 0.05) is 67.8 Å². The molecule has 1 aromatic heterocycles. The minimum absolute atomic E-state index is 0.0142. The smallest absolute Gasteiger partial charge is 0.317 e. The van der Waals surface area contributed by atoms with Crippen molar-refractivity contribution in [2.45, 2.75) is 57.8 Å². The van der Waals surface area contributed by atoms with E-state index in [4.69, 9.17) is 4.74 Å². The SMILES string of the molecule is COc1cccc(F)c1CN1CC(NC(=O)N2CCC3=C(C2)C(c2ccnc(C)c2)NN3)CCC1C. The third-order valence-corrected chi connectivity index (χ3v) is 7.63. The number of aryl methyl sites for hydroxylation is 1. The number of aromatic nitrogens is 1. The summed E-state index contributed by atoms with van der Waals surface area (Å²) in [6.45, 7) is 6.51. The Labute approximate surface area is 211 Å². The maximum atomic E-state index is 14.6. The van der Waals surface area contributed by atoms with Gasteiger partial charge in [0.2, 0.25) is 0 Å². The maximum absolute atomic E-state index is 14.6. The number of nitrogens with one attached hydrogen (secondary N) is 3. The van der Waals surface area contributed by atoms with Crippen LogP contribution in [0, 0.1) is 12.7 Å². The van der Waals surface area contributed by atoms with E-state index in [0.29, 0.717) is 43.5 Å². The van der Waals surface area contributed by atoms with Crippen LogP contribution in [0.2, 0.25) is 0 Å². The number of benzene rings is 1. The van der Waals surface area contributed by atoms with Crippen LogP contribution in [0.3, 0.4) is 0 Å². The minimum atomic E-state index is -0.261. The number of amides is 2. The second-order valence-electron chi connectivity index (χ2n) is 10.0. The number of hydrogen-bond acceptors (Lipinski definition) is 6. The second-order valence-corrected chi connectivity index (χ2v) is 10.0. The molecule has 3 aliphatic heterocycles. The van der Waals surface area contributed by atoms with Crippen molar-refractivity contribution in [2.75, 3.05) is 26.7 Å². The van der Waals surface area contributed by atoms with Crippen LogP contribution in [0.25, 0.3) is 0 Å². The van der Waals surface area contributed by atoms with Crippen LogP contribution in [0.15, 0.2) is 47.8 Å². The zero-order chi connectivity index (χ0) is 25.2. The minimum Gasteiger partial charge on any atom is -0.496 e. The van der Waals surface area contributed by atoms with Crippen LogP contribution in [0.5, 0.6) is 5.75 Å². The third-order valence-electron chi connectivity index (χ3n) is 7.63. The summed E-state index contributed by atoms with van der Waals surface area (Å²) in [5.74, 6) is 0.298. The Bertz CT molecular complexity index is 1150. The van der Waals surface area contributed by atoms with Crippen molar-refractivity contribution in [1.29, 1.82) is 0 Å². The van der Waals surface area contributed by atoms with Crippen LogP contribution in [0.4, 0.5) is 9.18 Å². The molecule has 36 heavy (non-hydrogen) atoms. The van der Waals surface area contributed by atoms with E-state index < -0.39 is 0 Å². The molecule has 1 saturated heterocycles. The van der Waals surface area contributed by atoms with Crippen LogP contribution in [-0.2, 0) is 6.54 Å². The molecular weight excluding hydrogens is 459 g/mol. The number of pyridine rings is 1. The zero-order valence-corrected chi connectivity index (χ0v) is 21.2. The Kier molecular flexibility index (Phi) is 7.11. The molecule has 192 valence electrons. The Balaban J connectivity index is 1.22. The Morgan fingerprint density at radius 3 is 2.97 bits per heavy atom. The van der Waals surface area contributed by atoms with E-state index in [2.05, 4.69) is 39.0 Å². The van der Waals surface area contributed by atoms with E-state index in [-0.39, 0.29) is 23.9 Å². The highest BCUT2D eigenvalue weighted by Gasteiger charge is 2.34. The van der Waals surface area contributed by atoms with Gasteiger partial charge < -0.3 is 20.4 Å². The molecule has 3 atom stereocenters. The highest BCUT2D eigenvalue weighted by atomic mass is 19.1. The van der Waals surface area contributed by atoms with Gasteiger partial charge in [-0.25, -0.2) is 14.6 Å². The highest BCUT2D eigenvalue weighted by molar-refractivity contribution is 5.75. The fourth-order valence-corrected chi connectivity index (χ4v) is 5.52. The van der Waals surface area contributed by atoms with Gasteiger partial charge >= 0.3 is 6.03 Å². The first-order valence-electron chi connectivity index (χ1n) is 12.7. The number of rotatable bonds is 5. The molecule has 0 aliphatic carbocycles. The number of halogens is 1. The van der Waals surface area contributed by atoms with Crippen molar-refractivity contribution in [1.82, 2.24) is 31.0 Å². The van der Waals surface area contributed by atoms with Gasteiger partial charge in [0.05, 0.1) is 13.2 Å². The number of likely N-dealkylation sites (tertiary alicyclic amines) is 1. The molecule has 3 N–H and O–H groups in total. The summed E-state index contributed by atoms with van der Waals surface area (Å²) in [7, 11) is 1.57. The molecule has 1 fully saturated rings. The number of hydrogen-bond donors (Lipinski definition) is 3. The molecule has 3 unspecified atom stereocenters. The van der Waals surface area contributed by atoms with Gasteiger partial charge in [0.15, 0.2) is 0 Å². The normalized spacial score (nSPS) is 24.3. The standard InChI is InChI=1S/C27H35FN6O2/c1-17-13-19(9-11-29-17)26-22-16-33(12-10-24(22)31-32-26)27(35)30-20-8-7-18(2)34(14-20)15-21-23(28)5-4-6-25(21)36-3/h4-6,9,11,13,18,20,26,31-32H,7-8,10,12,14-16H2,1-3H3,(H,30,35). The molecule has 8 nitrogen and oxygen atoms in total. The van der Waals surface area contributed by atoms with E-state index in [9.17, 15) is 9.18 Å². The first-order chi connectivity index (χ1) is 17.4. The molecule has 2 aromatic rings. The van der Waals surface area contributed by atoms with Gasteiger partial charge in [-0.1, -0.05) is 6.07 Å². The molecule has 2 amide bonds. The molecular formula is C27H35FN6O2. The van der Waals surface area contributed by atoms with E-state index in [1.54, 1.807) is 19.2 Å². The lowest BCUT2D eigenvalue weighted by Crippen LogP contribution is -2.54. The Morgan fingerprint density at radius 1 is 1.31 bits per heavy atom. The molecule has 4 heterocycles. The average molecular weight is 495 g/mol. The van der Waals surface area contributed by atoms with Crippen molar-refractivity contribution in [3.05, 3.63) is 70.4 Å². The first-order valence-corrected chi connectivity index (χ1v) is 12.7. The third kappa shape index (κ3) is 5.03. The topological polar surface area (TPSA) is 81.8 Å². The summed E-state index contributed by atoms with van der Waals surface area (Å²) in [6.07, 6.45) is 4.46. The number of carbonyl (C=O) groups is 1.